The molecule has 0 aliphatic carbocycles. The minimum absolute atomic E-state index is 0.121. The van der Waals surface area contributed by atoms with Crippen molar-refractivity contribution in [2.24, 2.45) is 0 Å². The fourth-order valence-corrected chi connectivity index (χ4v) is 8.36. The minimum atomic E-state index is -4.08. The van der Waals surface area contributed by atoms with Crippen LogP contribution in [0.15, 0.2) is 77.3 Å². The molecule has 1 saturated heterocycles. The van der Waals surface area contributed by atoms with E-state index in [9.17, 15) is 18.3 Å². The van der Waals surface area contributed by atoms with Gasteiger partial charge in [0.05, 0.1) is 10.6 Å². The molecule has 2 aliphatic rings. The van der Waals surface area contributed by atoms with Gasteiger partial charge in [0, 0.05) is 6.42 Å². The van der Waals surface area contributed by atoms with Crippen molar-refractivity contribution in [3.8, 4) is 22.5 Å². The third-order valence-corrected chi connectivity index (χ3v) is 11.3. The summed E-state index contributed by atoms with van der Waals surface area (Å²) < 4.78 is 39.4. The Balaban J connectivity index is 1.34. The van der Waals surface area contributed by atoms with Gasteiger partial charge in [0.15, 0.2) is 5.75 Å². The summed E-state index contributed by atoms with van der Waals surface area (Å²) in [7, 11) is -4.08. The Morgan fingerprint density at radius 3 is 2.41 bits per heavy atom. The van der Waals surface area contributed by atoms with Crippen LogP contribution in [0.2, 0.25) is 4.82 Å². The van der Waals surface area contributed by atoms with Crippen LogP contribution >= 0.6 is 15.9 Å². The Kier molecular flexibility index (Phi) is 10.1. The number of carbonyl (C=O) groups is 1. The van der Waals surface area contributed by atoms with Crippen molar-refractivity contribution >= 4 is 63.7 Å². The summed E-state index contributed by atoms with van der Waals surface area (Å²) in [5.74, 6) is 0.169. The van der Waals surface area contributed by atoms with E-state index in [0.29, 0.717) is 35.8 Å². The van der Waals surface area contributed by atoms with Gasteiger partial charge in [0.25, 0.3) is 0 Å². The second-order valence-corrected chi connectivity index (χ2v) is 15.1. The predicted molar refractivity (Wildman–Crippen MR) is 170 cm³/mol. The van der Waals surface area contributed by atoms with Crippen LogP contribution in [0, 0.1) is 21.6 Å². The quantitative estimate of drug-likeness (QED) is 0.130. The first-order valence-corrected chi connectivity index (χ1v) is 18.0. The van der Waals surface area contributed by atoms with Gasteiger partial charge in [-0.2, -0.15) is 8.42 Å². The zero-order chi connectivity index (χ0) is 31.3. The van der Waals surface area contributed by atoms with E-state index in [1.54, 1.807) is 60.7 Å². The number of benzene rings is 3. The van der Waals surface area contributed by atoms with E-state index in [1.165, 1.54) is 0 Å². The number of para-hydroxylation sites is 1. The molecule has 2 aliphatic heterocycles. The van der Waals surface area contributed by atoms with E-state index in [2.05, 4.69) is 32.3 Å². The number of hydrogen-bond acceptors (Lipinski definition) is 8. The van der Waals surface area contributed by atoms with Crippen molar-refractivity contribution in [1.29, 1.82) is 10.5 Å². The van der Waals surface area contributed by atoms with Gasteiger partial charge in [-0.1, -0.05) is 24.3 Å². The van der Waals surface area contributed by atoms with Crippen molar-refractivity contribution in [2.45, 2.75) is 54.4 Å². The molecule has 1 fully saturated rings. The second kappa shape index (κ2) is 14.0. The van der Waals surface area contributed by atoms with Crippen molar-refractivity contribution < 1.29 is 27.2 Å². The number of ether oxygens (including phenoxy) is 1. The SMILES string of the molecule is N#C[Se]C(C#N)CCCCC(=O)Nc1ccc(C2=C(c3ccc(O)cc3)C3CC(S(=O)(=O)Oc4ccccc4Br)C2O3)cc1. The first kappa shape index (κ1) is 31.8. The molecule has 2 heterocycles. The molecular weight excluding hydrogens is 713 g/mol. The van der Waals surface area contributed by atoms with Crippen molar-refractivity contribution in [2.75, 3.05) is 5.32 Å². The second-order valence-electron chi connectivity index (χ2n) is 10.4. The first-order chi connectivity index (χ1) is 21.2. The number of fused-ring (bicyclic) bond motifs is 2. The molecule has 4 atom stereocenters. The van der Waals surface area contributed by atoms with E-state index >= 15 is 0 Å². The molecule has 0 radical (unpaired) electrons. The van der Waals surface area contributed by atoms with E-state index in [-0.39, 0.29) is 43.6 Å². The van der Waals surface area contributed by atoms with E-state index in [4.69, 9.17) is 19.4 Å². The average Bonchev–Trinajstić information content (AvgIpc) is 3.61. The molecule has 2 bridgehead atoms. The summed E-state index contributed by atoms with van der Waals surface area (Å²) in [5, 5.41) is 29.7. The summed E-state index contributed by atoms with van der Waals surface area (Å²) in [6.07, 6.45) is 1.17. The fraction of sp³-hybridized carbons (Fsp3) is 0.281. The molecule has 9 nitrogen and oxygen atoms in total. The molecule has 1 amide bonds. The van der Waals surface area contributed by atoms with Crippen LogP contribution in [-0.4, -0.2) is 51.8 Å². The van der Waals surface area contributed by atoms with Gasteiger partial charge in [-0.25, -0.2) is 0 Å². The number of hydrogen-bond donors (Lipinski definition) is 2. The Labute approximate surface area is 270 Å². The molecular formula is C32H28BrN3O6SSe. The summed E-state index contributed by atoms with van der Waals surface area (Å²) >= 11 is 2.98. The van der Waals surface area contributed by atoms with Crippen LogP contribution in [-0.2, 0) is 19.6 Å². The zero-order valence-corrected chi connectivity index (χ0v) is 27.5. The molecule has 3 aromatic rings. The number of phenolic OH excluding ortho intramolecular Hbond substituents is 1. The van der Waals surface area contributed by atoms with Crippen LogP contribution < -0.4 is 9.50 Å². The van der Waals surface area contributed by atoms with Gasteiger partial charge in [-0.15, -0.1) is 0 Å². The summed E-state index contributed by atoms with van der Waals surface area (Å²) in [5.41, 5.74) is 3.74. The van der Waals surface area contributed by atoms with Gasteiger partial charge >= 0.3 is 134 Å². The number of aromatic hydroxyl groups is 1. The van der Waals surface area contributed by atoms with Gasteiger partial charge < -0.3 is 14.0 Å². The summed E-state index contributed by atoms with van der Waals surface area (Å²) in [6, 6.07) is 22.8. The Morgan fingerprint density at radius 1 is 1.05 bits per heavy atom. The number of nitriles is 2. The third kappa shape index (κ3) is 7.18. The molecule has 0 saturated carbocycles. The molecule has 2 N–H and O–H groups in total. The van der Waals surface area contributed by atoms with Gasteiger partial charge in [-0.3, -0.25) is 0 Å². The van der Waals surface area contributed by atoms with Crippen LogP contribution in [0.3, 0.4) is 0 Å². The molecule has 0 spiro atoms. The van der Waals surface area contributed by atoms with Crippen LogP contribution in [0.4, 0.5) is 5.69 Å². The van der Waals surface area contributed by atoms with E-state index in [0.717, 1.165) is 22.3 Å². The first-order valence-electron chi connectivity index (χ1n) is 13.9. The number of anilines is 1. The molecule has 5 rings (SSSR count). The summed E-state index contributed by atoms with van der Waals surface area (Å²) in [4.78, 5) is 14.4. The van der Waals surface area contributed by atoms with Crippen LogP contribution in [0.5, 0.6) is 11.5 Å². The van der Waals surface area contributed by atoms with Crippen molar-refractivity contribution in [3.63, 3.8) is 0 Å². The average molecular weight is 742 g/mol. The third-order valence-electron chi connectivity index (χ3n) is 7.52. The normalized spacial score (nSPS) is 19.7. The fourth-order valence-electron chi connectivity index (χ4n) is 5.48. The van der Waals surface area contributed by atoms with Crippen molar-refractivity contribution in [1.82, 2.24) is 0 Å². The molecule has 4 unspecified atom stereocenters. The Bertz CT molecular complexity index is 1750. The van der Waals surface area contributed by atoms with E-state index in [1.807, 2.05) is 12.1 Å². The van der Waals surface area contributed by atoms with Crippen LogP contribution in [0.25, 0.3) is 11.1 Å². The number of carbonyl (C=O) groups excluding carboxylic acids is 1. The zero-order valence-electron chi connectivity index (χ0n) is 23.4. The van der Waals surface area contributed by atoms with E-state index < -0.39 is 27.6 Å². The molecule has 0 aromatic heterocycles. The van der Waals surface area contributed by atoms with Crippen molar-refractivity contribution in [3.05, 3.63) is 88.4 Å². The molecule has 3 aromatic carbocycles. The number of amides is 1. The monoisotopic (exact) mass is 741 g/mol. The number of phenols is 1. The number of halogens is 1. The molecule has 226 valence electrons. The maximum atomic E-state index is 13.5. The Hall–Kier alpha value is -3.64. The maximum absolute atomic E-state index is 13.5. The molecule has 44 heavy (non-hydrogen) atoms. The predicted octanol–water partition coefficient (Wildman–Crippen LogP) is 6.01. The van der Waals surface area contributed by atoms with Gasteiger partial charge in [0.2, 0.25) is 0 Å². The Morgan fingerprint density at radius 2 is 1.73 bits per heavy atom. The summed E-state index contributed by atoms with van der Waals surface area (Å²) in [6.45, 7) is 0. The number of rotatable bonds is 12. The van der Waals surface area contributed by atoms with Gasteiger partial charge in [-0.05, 0) is 51.3 Å². The van der Waals surface area contributed by atoms with Crippen LogP contribution in [0.1, 0.15) is 43.2 Å². The number of nitrogens with one attached hydrogen (secondary N) is 1. The molecule has 12 heteroatoms. The topological polar surface area (TPSA) is 150 Å². The number of unbranched alkanes of at least 4 members (excludes halogenated alkanes) is 1. The van der Waals surface area contributed by atoms with Gasteiger partial charge in [0.1, 0.15) is 17.1 Å². The number of nitrogens with zero attached hydrogens (tertiary/aromatic N) is 2. The standard InChI is InChI=1S/C32H28BrN3O6SSe/c33-25-6-2-3-7-26(25)42-43(39,40)28-17-27-30(20-11-15-23(37)16-12-20)31(32(28)41-27)21-9-13-22(14-10-21)36-29(38)8-4-1-5-24(18-34)44-19-35/h2-3,6-7,9-16,24,27-28,32,37H,1,4-5,8,17H2,(H,36,38).